The Balaban J connectivity index is 2.35. The molecule has 0 aliphatic heterocycles. The predicted molar refractivity (Wildman–Crippen MR) is 68.6 cm³/mol. The van der Waals surface area contributed by atoms with Crippen molar-refractivity contribution in [3.63, 3.8) is 0 Å². The first-order valence-corrected chi connectivity index (χ1v) is 6.63. The number of nitrogens with one attached hydrogen (secondary N) is 1. The molecular weight excluding hydrogens is 270 g/mol. The molecule has 0 fully saturated rings. The van der Waals surface area contributed by atoms with Crippen LogP contribution in [0.25, 0.3) is 0 Å². The lowest BCUT2D eigenvalue weighted by Gasteiger charge is -2.10. The maximum Gasteiger partial charge on any atom is 0.396 e. The molecule has 1 heterocycles. The van der Waals surface area contributed by atoms with Gasteiger partial charge in [-0.2, -0.15) is 0 Å². The van der Waals surface area contributed by atoms with Crippen molar-refractivity contribution >= 4 is 34.2 Å². The van der Waals surface area contributed by atoms with Gasteiger partial charge in [-0.1, -0.05) is 0 Å². The van der Waals surface area contributed by atoms with Crippen molar-refractivity contribution < 1.29 is 24.2 Å². The molecule has 0 atom stereocenters. The third-order valence-corrected chi connectivity index (χ3v) is 4.19. The maximum absolute atomic E-state index is 11.5. The number of aromatic carboxylic acids is 1. The average Bonchev–Trinajstić information content (AvgIpc) is 2.75. The normalized spacial score (nSPS) is 13.5. The standard InChI is InChI=1S/C12H13NO5S/c1-18-12(17)9(14)13-10-8(11(15)16)6-4-2-3-5-7(6)19-10/h2-5H2,1H3,(H,13,14)(H,15,16). The minimum atomic E-state index is -1.08. The van der Waals surface area contributed by atoms with Crippen molar-refractivity contribution in [1.29, 1.82) is 0 Å². The van der Waals surface area contributed by atoms with E-state index in [9.17, 15) is 19.5 Å². The van der Waals surface area contributed by atoms with Crippen LogP contribution in [0.5, 0.6) is 0 Å². The molecule has 0 unspecified atom stereocenters. The highest BCUT2D eigenvalue weighted by Crippen LogP contribution is 2.38. The molecule has 1 aliphatic carbocycles. The highest BCUT2D eigenvalue weighted by atomic mass is 32.1. The molecule has 0 bridgehead atoms. The zero-order chi connectivity index (χ0) is 14.0. The van der Waals surface area contributed by atoms with Crippen molar-refractivity contribution in [2.24, 2.45) is 0 Å². The Morgan fingerprint density at radius 3 is 2.58 bits per heavy atom. The van der Waals surface area contributed by atoms with Crippen LogP contribution in [-0.4, -0.2) is 30.1 Å². The van der Waals surface area contributed by atoms with E-state index in [-0.39, 0.29) is 10.6 Å². The number of anilines is 1. The Morgan fingerprint density at radius 1 is 1.26 bits per heavy atom. The van der Waals surface area contributed by atoms with Gasteiger partial charge in [-0.05, 0) is 31.2 Å². The van der Waals surface area contributed by atoms with Crippen LogP contribution in [-0.2, 0) is 27.2 Å². The largest absolute Gasteiger partial charge is 0.478 e. The quantitative estimate of drug-likeness (QED) is 0.633. The average molecular weight is 283 g/mol. The van der Waals surface area contributed by atoms with Gasteiger partial charge in [0.2, 0.25) is 0 Å². The van der Waals surface area contributed by atoms with E-state index >= 15 is 0 Å². The van der Waals surface area contributed by atoms with Crippen LogP contribution in [0.15, 0.2) is 0 Å². The summed E-state index contributed by atoms with van der Waals surface area (Å²) in [5.41, 5.74) is 0.890. The zero-order valence-electron chi connectivity index (χ0n) is 10.3. The topological polar surface area (TPSA) is 92.7 Å². The zero-order valence-corrected chi connectivity index (χ0v) is 11.1. The predicted octanol–water partition coefficient (Wildman–Crippen LogP) is 1.44. The fraction of sp³-hybridized carbons (Fsp3) is 0.417. The van der Waals surface area contributed by atoms with E-state index in [0.29, 0.717) is 6.42 Å². The third-order valence-electron chi connectivity index (χ3n) is 2.98. The lowest BCUT2D eigenvalue weighted by molar-refractivity contribution is -0.150. The first-order valence-electron chi connectivity index (χ1n) is 5.81. The summed E-state index contributed by atoms with van der Waals surface area (Å²) in [4.78, 5) is 34.8. The maximum atomic E-state index is 11.5. The Kier molecular flexibility index (Phi) is 3.84. The number of hydrogen-bond donors (Lipinski definition) is 2. The van der Waals surface area contributed by atoms with E-state index in [4.69, 9.17) is 0 Å². The number of thiophene rings is 1. The van der Waals surface area contributed by atoms with Crippen LogP contribution >= 0.6 is 11.3 Å². The minimum Gasteiger partial charge on any atom is -0.478 e. The number of amides is 1. The van der Waals surface area contributed by atoms with Gasteiger partial charge in [0, 0.05) is 4.88 Å². The van der Waals surface area contributed by atoms with E-state index in [2.05, 4.69) is 10.1 Å². The number of rotatable bonds is 2. The van der Waals surface area contributed by atoms with Gasteiger partial charge >= 0.3 is 17.8 Å². The first-order chi connectivity index (χ1) is 9.04. The molecule has 0 aromatic carbocycles. The first kappa shape index (κ1) is 13.5. The second-order valence-corrected chi connectivity index (χ2v) is 5.27. The molecule has 2 N–H and O–H groups in total. The second-order valence-electron chi connectivity index (χ2n) is 4.17. The van der Waals surface area contributed by atoms with Gasteiger partial charge < -0.3 is 15.2 Å². The number of aryl methyl sites for hydroxylation is 1. The molecule has 1 amide bonds. The molecule has 0 saturated carbocycles. The smallest absolute Gasteiger partial charge is 0.396 e. The van der Waals surface area contributed by atoms with Crippen molar-refractivity contribution in [3.05, 3.63) is 16.0 Å². The molecule has 0 saturated heterocycles. The van der Waals surface area contributed by atoms with Crippen molar-refractivity contribution in [2.75, 3.05) is 12.4 Å². The molecule has 6 nitrogen and oxygen atoms in total. The number of methoxy groups -OCH3 is 1. The van der Waals surface area contributed by atoms with E-state index in [1.54, 1.807) is 0 Å². The van der Waals surface area contributed by atoms with Crippen molar-refractivity contribution in [2.45, 2.75) is 25.7 Å². The highest BCUT2D eigenvalue weighted by Gasteiger charge is 2.27. The van der Waals surface area contributed by atoms with Crippen LogP contribution in [0.4, 0.5) is 5.00 Å². The number of fused-ring (bicyclic) bond motifs is 1. The van der Waals surface area contributed by atoms with Gasteiger partial charge in [-0.15, -0.1) is 11.3 Å². The van der Waals surface area contributed by atoms with Crippen LogP contribution in [0.2, 0.25) is 0 Å². The van der Waals surface area contributed by atoms with E-state index in [0.717, 1.165) is 36.8 Å². The van der Waals surface area contributed by atoms with E-state index in [1.807, 2.05) is 0 Å². The molecule has 7 heteroatoms. The Hall–Kier alpha value is -1.89. The Bertz CT molecular complexity index is 549. The summed E-state index contributed by atoms with van der Waals surface area (Å²) in [5.74, 6) is -3.08. The fourth-order valence-corrected chi connectivity index (χ4v) is 3.40. The van der Waals surface area contributed by atoms with Crippen LogP contribution in [0.3, 0.4) is 0 Å². The number of hydrogen-bond acceptors (Lipinski definition) is 5. The monoisotopic (exact) mass is 283 g/mol. The van der Waals surface area contributed by atoms with E-state index < -0.39 is 17.8 Å². The molecular formula is C12H13NO5S. The van der Waals surface area contributed by atoms with Gasteiger partial charge in [-0.3, -0.25) is 4.79 Å². The molecule has 0 radical (unpaired) electrons. The fourth-order valence-electron chi connectivity index (χ4n) is 2.13. The molecule has 2 rings (SSSR count). The SMILES string of the molecule is COC(=O)C(=O)Nc1sc2c(c1C(=O)O)CCCC2. The van der Waals surface area contributed by atoms with Gasteiger partial charge in [0.25, 0.3) is 0 Å². The summed E-state index contributed by atoms with van der Waals surface area (Å²) in [5, 5.41) is 11.8. The minimum absolute atomic E-state index is 0.108. The molecule has 1 aromatic rings. The van der Waals surface area contributed by atoms with Gasteiger partial charge in [0.05, 0.1) is 12.7 Å². The highest BCUT2D eigenvalue weighted by molar-refractivity contribution is 7.17. The Labute approximate surface area is 113 Å². The molecule has 1 aliphatic rings. The van der Waals surface area contributed by atoms with Crippen LogP contribution in [0, 0.1) is 0 Å². The van der Waals surface area contributed by atoms with Crippen LogP contribution < -0.4 is 5.32 Å². The number of carboxylic acid groups (broad SMARTS) is 1. The summed E-state index contributed by atoms with van der Waals surface area (Å²) < 4.78 is 4.29. The number of carbonyl (C=O) groups is 3. The molecule has 0 spiro atoms. The van der Waals surface area contributed by atoms with Gasteiger partial charge in [-0.25, -0.2) is 9.59 Å². The van der Waals surface area contributed by atoms with Crippen LogP contribution in [0.1, 0.15) is 33.6 Å². The summed E-state index contributed by atoms with van der Waals surface area (Å²) in [6.45, 7) is 0. The summed E-state index contributed by atoms with van der Waals surface area (Å²) >= 11 is 1.23. The summed E-state index contributed by atoms with van der Waals surface area (Å²) in [7, 11) is 1.10. The molecule has 102 valence electrons. The summed E-state index contributed by atoms with van der Waals surface area (Å²) in [6, 6.07) is 0. The summed E-state index contributed by atoms with van der Waals surface area (Å²) in [6.07, 6.45) is 3.46. The number of esters is 1. The molecule has 1 aromatic heterocycles. The van der Waals surface area contributed by atoms with E-state index in [1.165, 1.54) is 11.3 Å². The number of ether oxygens (including phenoxy) is 1. The lowest BCUT2D eigenvalue weighted by atomic mass is 9.95. The Morgan fingerprint density at radius 2 is 1.95 bits per heavy atom. The number of carbonyl (C=O) groups excluding carboxylic acids is 2. The van der Waals surface area contributed by atoms with Crippen molar-refractivity contribution in [1.82, 2.24) is 0 Å². The third kappa shape index (κ3) is 2.60. The lowest BCUT2D eigenvalue weighted by Crippen LogP contribution is -2.24. The number of carboxylic acids is 1. The van der Waals surface area contributed by atoms with Gasteiger partial charge in [0.15, 0.2) is 0 Å². The van der Waals surface area contributed by atoms with Gasteiger partial charge in [0.1, 0.15) is 5.00 Å². The van der Waals surface area contributed by atoms with Crippen molar-refractivity contribution in [3.8, 4) is 0 Å². The molecule has 19 heavy (non-hydrogen) atoms. The second kappa shape index (κ2) is 5.40.